The van der Waals surface area contributed by atoms with Gasteiger partial charge in [0.25, 0.3) is 0 Å². The Labute approximate surface area is 455 Å². The standard InChI is InChI=1S/C73H57N3S/c1-71(2)61-29-17-14-26-54(61)58-43-51(38-40-62(58)71)75(50-23-11-8-12-24-50)70-57(45-68(77-70)74(49-21-9-7-10-22-49)52-37-39-55-53-25-13-16-28-60(53)72(3,4)64(55)44-52)47-35-33-46(34-36-47)48-41-59-56-27-15-19-31-66(56)76-67-32-20-18-30-63(67)73(5,6)65(42-48)69(59)76/h7-45H,1-6H3. The van der Waals surface area contributed by atoms with E-state index >= 15 is 0 Å². The van der Waals surface area contributed by atoms with Gasteiger partial charge in [-0.1, -0.05) is 211 Å². The van der Waals surface area contributed by atoms with Crippen LogP contribution in [0.1, 0.15) is 74.9 Å². The Hall–Kier alpha value is -8.70. The van der Waals surface area contributed by atoms with Crippen molar-refractivity contribution in [1.29, 1.82) is 0 Å². The summed E-state index contributed by atoms with van der Waals surface area (Å²) >= 11 is 1.85. The predicted molar refractivity (Wildman–Crippen MR) is 326 cm³/mol. The molecule has 0 atom stereocenters. The third-order valence-electron chi connectivity index (χ3n) is 17.6. The van der Waals surface area contributed by atoms with Gasteiger partial charge in [0.1, 0.15) is 10.0 Å². The van der Waals surface area contributed by atoms with Crippen molar-refractivity contribution >= 4 is 65.9 Å². The molecule has 4 heteroatoms. The van der Waals surface area contributed by atoms with E-state index in [-0.39, 0.29) is 16.2 Å². The lowest BCUT2D eigenvalue weighted by atomic mass is 9.74. The van der Waals surface area contributed by atoms with Gasteiger partial charge in [-0.05, 0) is 151 Å². The van der Waals surface area contributed by atoms with Crippen LogP contribution in [0.4, 0.5) is 32.8 Å². The van der Waals surface area contributed by atoms with Crippen LogP contribution in [0.5, 0.6) is 0 Å². The van der Waals surface area contributed by atoms with Gasteiger partial charge in [0.15, 0.2) is 0 Å². The van der Waals surface area contributed by atoms with E-state index < -0.39 is 0 Å². The molecule has 0 radical (unpaired) electrons. The second kappa shape index (κ2) is 16.6. The molecule has 0 spiro atoms. The van der Waals surface area contributed by atoms with Gasteiger partial charge in [-0.15, -0.1) is 0 Å². The first-order valence-corrected chi connectivity index (χ1v) is 27.9. The van der Waals surface area contributed by atoms with Gasteiger partial charge in [-0.25, -0.2) is 0 Å². The summed E-state index contributed by atoms with van der Waals surface area (Å²) in [5.41, 5.74) is 26.0. The molecule has 0 saturated heterocycles. The number of para-hydroxylation sites is 4. The third-order valence-corrected chi connectivity index (χ3v) is 18.7. The first-order chi connectivity index (χ1) is 37.5. The van der Waals surface area contributed by atoms with Crippen molar-refractivity contribution in [3.05, 3.63) is 270 Å². The molecular formula is C73H57N3S. The number of rotatable bonds is 8. The summed E-state index contributed by atoms with van der Waals surface area (Å²) < 4.78 is 2.50. The topological polar surface area (TPSA) is 11.4 Å². The number of thiophene rings is 1. The monoisotopic (exact) mass is 1010 g/mol. The summed E-state index contributed by atoms with van der Waals surface area (Å²) in [7, 11) is 0. The van der Waals surface area contributed by atoms with Crippen LogP contribution in [0.25, 0.3) is 72.0 Å². The number of benzene rings is 10. The molecule has 10 aromatic carbocycles. The molecule has 370 valence electrons. The Morgan fingerprint density at radius 2 is 0.857 bits per heavy atom. The molecule has 0 bridgehead atoms. The van der Waals surface area contributed by atoms with Crippen molar-refractivity contribution in [2.45, 2.75) is 57.8 Å². The second-order valence-corrected chi connectivity index (χ2v) is 23.9. The Bertz CT molecular complexity index is 4360. The quantitative estimate of drug-likeness (QED) is 0.150. The minimum atomic E-state index is -0.198. The van der Waals surface area contributed by atoms with Crippen LogP contribution in [-0.4, -0.2) is 4.57 Å². The van der Waals surface area contributed by atoms with Crippen LogP contribution in [0.15, 0.2) is 237 Å². The van der Waals surface area contributed by atoms with E-state index in [4.69, 9.17) is 0 Å². The zero-order valence-corrected chi connectivity index (χ0v) is 45.1. The van der Waals surface area contributed by atoms with Crippen molar-refractivity contribution < 1.29 is 0 Å². The highest BCUT2D eigenvalue weighted by Gasteiger charge is 2.39. The van der Waals surface area contributed by atoms with Crippen LogP contribution in [0.3, 0.4) is 0 Å². The van der Waals surface area contributed by atoms with Gasteiger partial charge in [0, 0.05) is 55.3 Å². The lowest BCUT2D eigenvalue weighted by Crippen LogP contribution is -2.26. The SMILES string of the molecule is CC1(C)c2ccccc2-c2cc(N(c3ccccc3)c3sc(N(c4ccccc4)c4ccc5c(c4)C(C)(C)c4ccccc4-5)cc3-c3ccc(-c4cc5c6c(c4)c4ccccc4n6-c4ccccc4C5(C)C)cc3)ccc21. The molecule has 3 aliphatic rings. The van der Waals surface area contributed by atoms with Crippen LogP contribution >= 0.6 is 11.3 Å². The van der Waals surface area contributed by atoms with E-state index in [1.54, 1.807) is 0 Å². The van der Waals surface area contributed by atoms with Crippen molar-refractivity contribution in [3.63, 3.8) is 0 Å². The number of aromatic nitrogens is 1. The molecule has 0 unspecified atom stereocenters. The van der Waals surface area contributed by atoms with Gasteiger partial charge in [0.05, 0.1) is 16.7 Å². The smallest absolute Gasteiger partial charge is 0.110 e. The molecule has 3 nitrogen and oxygen atoms in total. The van der Waals surface area contributed by atoms with E-state index in [1.165, 1.54) is 99.8 Å². The molecule has 77 heavy (non-hydrogen) atoms. The zero-order chi connectivity index (χ0) is 52.0. The highest BCUT2D eigenvalue weighted by Crippen LogP contribution is 2.57. The summed E-state index contributed by atoms with van der Waals surface area (Å²) in [5.74, 6) is 0. The van der Waals surface area contributed by atoms with Crippen molar-refractivity contribution in [2.75, 3.05) is 9.80 Å². The van der Waals surface area contributed by atoms with Crippen molar-refractivity contribution in [1.82, 2.24) is 4.57 Å². The third kappa shape index (κ3) is 6.68. The maximum atomic E-state index is 2.51. The van der Waals surface area contributed by atoms with Crippen LogP contribution in [0.2, 0.25) is 0 Å². The van der Waals surface area contributed by atoms with E-state index in [9.17, 15) is 0 Å². The lowest BCUT2D eigenvalue weighted by Gasteiger charge is -2.35. The number of fused-ring (bicyclic) bond motifs is 11. The summed E-state index contributed by atoms with van der Waals surface area (Å²) in [6, 6.07) is 88.8. The molecule has 0 amide bonds. The van der Waals surface area contributed by atoms with Gasteiger partial charge in [-0.2, -0.15) is 0 Å². The number of nitrogens with zero attached hydrogens (tertiary/aromatic N) is 3. The molecule has 0 N–H and O–H groups in total. The van der Waals surface area contributed by atoms with Crippen LogP contribution in [-0.2, 0) is 16.2 Å². The summed E-state index contributed by atoms with van der Waals surface area (Å²) in [6.07, 6.45) is 0. The fourth-order valence-electron chi connectivity index (χ4n) is 13.6. The van der Waals surface area contributed by atoms with E-state index in [1.807, 2.05) is 11.3 Å². The van der Waals surface area contributed by atoms with Crippen LogP contribution < -0.4 is 9.80 Å². The molecular weight excluding hydrogens is 951 g/mol. The van der Waals surface area contributed by atoms with Gasteiger partial charge < -0.3 is 14.4 Å². The molecule has 1 aliphatic heterocycles. The van der Waals surface area contributed by atoms with Gasteiger partial charge >= 0.3 is 0 Å². The maximum absolute atomic E-state index is 2.51. The molecule has 2 aliphatic carbocycles. The van der Waals surface area contributed by atoms with E-state index in [2.05, 4.69) is 292 Å². The van der Waals surface area contributed by atoms with Crippen LogP contribution in [0, 0.1) is 0 Å². The molecule has 2 aromatic heterocycles. The molecule has 0 saturated carbocycles. The number of anilines is 6. The average molecular weight is 1010 g/mol. The maximum Gasteiger partial charge on any atom is 0.110 e. The van der Waals surface area contributed by atoms with Crippen molar-refractivity contribution in [2.24, 2.45) is 0 Å². The summed E-state index contributed by atoms with van der Waals surface area (Å²) in [5, 5.41) is 4.86. The predicted octanol–water partition coefficient (Wildman–Crippen LogP) is 20.4. The molecule has 12 aromatic rings. The van der Waals surface area contributed by atoms with Gasteiger partial charge in [-0.3, -0.25) is 0 Å². The number of hydrogen-bond donors (Lipinski definition) is 0. The van der Waals surface area contributed by atoms with E-state index in [0.29, 0.717) is 0 Å². The number of hydrogen-bond acceptors (Lipinski definition) is 3. The highest BCUT2D eigenvalue weighted by atomic mass is 32.1. The van der Waals surface area contributed by atoms with Crippen molar-refractivity contribution in [3.8, 4) is 50.2 Å². The Morgan fingerprint density at radius 3 is 1.58 bits per heavy atom. The highest BCUT2D eigenvalue weighted by molar-refractivity contribution is 7.21. The minimum absolute atomic E-state index is 0.105. The Morgan fingerprint density at radius 1 is 0.325 bits per heavy atom. The second-order valence-electron chi connectivity index (χ2n) is 22.9. The molecule has 0 fully saturated rings. The Balaban J connectivity index is 0.934. The Kier molecular flexibility index (Phi) is 9.88. The summed E-state index contributed by atoms with van der Waals surface area (Å²) in [6.45, 7) is 14.3. The zero-order valence-electron chi connectivity index (χ0n) is 44.3. The minimum Gasteiger partial charge on any atom is -0.309 e. The molecule has 15 rings (SSSR count). The van der Waals surface area contributed by atoms with Gasteiger partial charge in [0.2, 0.25) is 0 Å². The lowest BCUT2D eigenvalue weighted by molar-refractivity contribution is 0.630. The fourth-order valence-corrected chi connectivity index (χ4v) is 14.9. The van der Waals surface area contributed by atoms with E-state index in [0.717, 1.165) is 38.3 Å². The largest absolute Gasteiger partial charge is 0.309 e. The first-order valence-electron chi connectivity index (χ1n) is 27.1. The normalized spacial score (nSPS) is 14.7. The molecule has 3 heterocycles. The average Bonchev–Trinajstić information content (AvgIpc) is 4.40. The first kappa shape index (κ1) is 45.7. The fraction of sp³-hybridized carbons (Fsp3) is 0.123. The summed E-state index contributed by atoms with van der Waals surface area (Å²) in [4.78, 5) is 4.98.